The fraction of sp³-hybridized carbons (Fsp3) is 0.545. The molecule has 2 N–H and O–H groups in total. The number of nitrogens with zero attached hydrogens (tertiary/aromatic N) is 3. The summed E-state index contributed by atoms with van der Waals surface area (Å²) in [5.74, 6) is 0. The second-order valence-corrected chi connectivity index (χ2v) is 10.3. The van der Waals surface area contributed by atoms with Gasteiger partial charge in [0.1, 0.15) is 0 Å². The first-order chi connectivity index (χ1) is 15.3. The van der Waals surface area contributed by atoms with Crippen molar-refractivity contribution in [3.63, 3.8) is 0 Å². The van der Waals surface area contributed by atoms with Gasteiger partial charge in [0.15, 0.2) is 5.03 Å². The zero-order valence-electron chi connectivity index (χ0n) is 19.9. The third-order valence-corrected chi connectivity index (χ3v) is 7.48. The number of ether oxygens (including phenoxy) is 1. The molecule has 11 heteroatoms. The molecule has 0 fully saturated rings. The van der Waals surface area contributed by atoms with Gasteiger partial charge in [0.2, 0.25) is 0 Å². The van der Waals surface area contributed by atoms with Crippen molar-refractivity contribution in [3.05, 3.63) is 40.1 Å². The standard InChI is InChI=1S/C22H31N5O4S.Na/c1-26(10-11-31-3)14-17-13-20(24-27(17)2)32(29,30)25-22(28)23-21-18-8-4-6-15(18)12-16-7-5-9-19(16)21;/h12-13H,4-11,14H2,1-3H3,(H2,23,25,28);. The van der Waals surface area contributed by atoms with E-state index >= 15 is 0 Å². The minimum absolute atomic E-state index is 0. The number of benzene rings is 1. The van der Waals surface area contributed by atoms with Crippen LogP contribution in [0.5, 0.6) is 0 Å². The SMILES string of the molecule is COCCN(C)Cc1cc(S(=O)(=O)NC(=O)Nc2c3c(cc4c2CCC4)CCC3)nn1C.[Na]. The van der Waals surface area contributed by atoms with E-state index in [1.165, 1.54) is 21.9 Å². The Hall–Kier alpha value is -1.43. The number of aromatic nitrogens is 2. The number of carbonyl (C=O) groups is 1. The number of fused-ring (bicyclic) bond motifs is 2. The van der Waals surface area contributed by atoms with Gasteiger partial charge in [-0.1, -0.05) is 6.07 Å². The summed E-state index contributed by atoms with van der Waals surface area (Å²) in [4.78, 5) is 14.7. The molecule has 0 saturated heterocycles. The van der Waals surface area contributed by atoms with Gasteiger partial charge in [-0.2, -0.15) is 13.5 Å². The number of anilines is 1. The monoisotopic (exact) mass is 484 g/mol. The van der Waals surface area contributed by atoms with Crippen LogP contribution in [-0.2, 0) is 54.0 Å². The number of methoxy groups -OCH3 is 1. The van der Waals surface area contributed by atoms with Crippen LogP contribution >= 0.6 is 0 Å². The number of aryl methyl sites for hydroxylation is 3. The molecule has 0 unspecified atom stereocenters. The number of likely N-dealkylation sites (N-methyl/N-ethyl adjacent to an activating group) is 1. The van der Waals surface area contributed by atoms with E-state index in [2.05, 4.69) is 21.2 Å². The van der Waals surface area contributed by atoms with Crippen LogP contribution in [-0.4, -0.2) is 86.0 Å². The number of hydrogen-bond donors (Lipinski definition) is 2. The van der Waals surface area contributed by atoms with Crippen LogP contribution in [0.25, 0.3) is 0 Å². The van der Waals surface area contributed by atoms with Gasteiger partial charge in [0.25, 0.3) is 10.0 Å². The number of urea groups is 1. The molecule has 4 rings (SSSR count). The summed E-state index contributed by atoms with van der Waals surface area (Å²) in [5, 5.41) is 6.81. The minimum atomic E-state index is -4.10. The average molecular weight is 485 g/mol. The number of carbonyl (C=O) groups excluding carboxylic acids is 1. The summed E-state index contributed by atoms with van der Waals surface area (Å²) in [5.41, 5.74) is 6.38. The van der Waals surface area contributed by atoms with E-state index in [9.17, 15) is 13.2 Å². The number of amides is 2. The molecule has 2 aliphatic carbocycles. The predicted molar refractivity (Wildman–Crippen MR) is 127 cm³/mol. The van der Waals surface area contributed by atoms with Crippen molar-refractivity contribution in [1.82, 2.24) is 19.4 Å². The molecule has 0 aliphatic heterocycles. The molecule has 1 heterocycles. The fourth-order valence-electron chi connectivity index (χ4n) is 4.64. The molecule has 1 aromatic heterocycles. The summed E-state index contributed by atoms with van der Waals surface area (Å²) in [7, 11) is 1.15. The Morgan fingerprint density at radius 1 is 1.15 bits per heavy atom. The zero-order valence-corrected chi connectivity index (χ0v) is 22.7. The number of hydrogen-bond acceptors (Lipinski definition) is 6. The van der Waals surface area contributed by atoms with E-state index in [0.717, 1.165) is 61.0 Å². The molecule has 2 amide bonds. The Labute approximate surface area is 217 Å². The Kier molecular flexibility index (Phi) is 8.63. The molecule has 0 atom stereocenters. The van der Waals surface area contributed by atoms with E-state index in [1.807, 2.05) is 11.9 Å². The maximum absolute atomic E-state index is 12.8. The summed E-state index contributed by atoms with van der Waals surface area (Å²) in [6.07, 6.45) is 5.95. The molecule has 1 aromatic carbocycles. The van der Waals surface area contributed by atoms with E-state index in [1.54, 1.807) is 14.2 Å². The van der Waals surface area contributed by atoms with Gasteiger partial charge < -0.3 is 10.1 Å². The van der Waals surface area contributed by atoms with Gasteiger partial charge in [-0.15, -0.1) is 0 Å². The summed E-state index contributed by atoms with van der Waals surface area (Å²) in [6.45, 7) is 1.79. The number of nitrogens with one attached hydrogen (secondary N) is 2. The van der Waals surface area contributed by atoms with Crippen LogP contribution in [0.15, 0.2) is 17.2 Å². The van der Waals surface area contributed by atoms with Gasteiger partial charge in [-0.05, 0) is 67.8 Å². The van der Waals surface area contributed by atoms with E-state index in [-0.39, 0.29) is 34.6 Å². The summed E-state index contributed by atoms with van der Waals surface area (Å²) in [6, 6.07) is 3.02. The predicted octanol–water partition coefficient (Wildman–Crippen LogP) is 1.61. The van der Waals surface area contributed by atoms with Crippen molar-refractivity contribution >= 4 is 51.3 Å². The summed E-state index contributed by atoms with van der Waals surface area (Å²) >= 11 is 0. The molecular weight excluding hydrogens is 453 g/mol. The van der Waals surface area contributed by atoms with Crippen molar-refractivity contribution in [3.8, 4) is 0 Å². The van der Waals surface area contributed by atoms with Crippen molar-refractivity contribution in [2.24, 2.45) is 7.05 Å². The fourth-order valence-corrected chi connectivity index (χ4v) is 5.56. The summed E-state index contributed by atoms with van der Waals surface area (Å²) < 4.78 is 34.4. The largest absolute Gasteiger partial charge is 0.383 e. The molecule has 33 heavy (non-hydrogen) atoms. The molecule has 1 radical (unpaired) electrons. The zero-order chi connectivity index (χ0) is 22.9. The first-order valence-corrected chi connectivity index (χ1v) is 12.5. The topological polar surface area (TPSA) is 106 Å². The van der Waals surface area contributed by atoms with Crippen LogP contribution < -0.4 is 10.0 Å². The number of sulfonamides is 1. The maximum Gasteiger partial charge on any atom is 0.333 e. The molecule has 0 bridgehead atoms. The maximum atomic E-state index is 12.8. The Morgan fingerprint density at radius 2 is 1.79 bits per heavy atom. The van der Waals surface area contributed by atoms with Crippen LogP contribution in [0.3, 0.4) is 0 Å². The molecule has 0 spiro atoms. The quantitative estimate of drug-likeness (QED) is 0.552. The van der Waals surface area contributed by atoms with E-state index < -0.39 is 16.1 Å². The second-order valence-electron chi connectivity index (χ2n) is 8.62. The Morgan fingerprint density at radius 3 is 2.39 bits per heavy atom. The molecule has 2 aliphatic rings. The first-order valence-electron chi connectivity index (χ1n) is 11.0. The van der Waals surface area contributed by atoms with Gasteiger partial charge in [0.05, 0.1) is 12.3 Å². The average Bonchev–Trinajstić information content (AvgIpc) is 3.46. The third-order valence-electron chi connectivity index (χ3n) is 6.28. The normalized spacial score (nSPS) is 14.7. The van der Waals surface area contributed by atoms with Crippen LogP contribution in [0.4, 0.5) is 10.5 Å². The first kappa shape index (κ1) is 26.2. The Balaban J connectivity index is 0.00000306. The van der Waals surface area contributed by atoms with Crippen molar-refractivity contribution in [2.45, 2.75) is 50.1 Å². The van der Waals surface area contributed by atoms with Gasteiger partial charge >= 0.3 is 6.03 Å². The van der Waals surface area contributed by atoms with Gasteiger partial charge in [0, 0.05) is 68.6 Å². The second kappa shape index (κ2) is 10.9. The van der Waals surface area contributed by atoms with Gasteiger partial charge in [-0.25, -0.2) is 9.52 Å². The molecule has 0 saturated carbocycles. The molecular formula is C22H31N5NaO4S. The smallest absolute Gasteiger partial charge is 0.333 e. The van der Waals surface area contributed by atoms with Crippen molar-refractivity contribution < 1.29 is 17.9 Å². The van der Waals surface area contributed by atoms with Crippen molar-refractivity contribution in [1.29, 1.82) is 0 Å². The van der Waals surface area contributed by atoms with Crippen LogP contribution in [0, 0.1) is 0 Å². The van der Waals surface area contributed by atoms with Crippen LogP contribution in [0.2, 0.25) is 0 Å². The van der Waals surface area contributed by atoms with E-state index in [4.69, 9.17) is 4.74 Å². The molecule has 9 nitrogen and oxygen atoms in total. The van der Waals surface area contributed by atoms with E-state index in [0.29, 0.717) is 19.7 Å². The van der Waals surface area contributed by atoms with Gasteiger partial charge in [-0.3, -0.25) is 9.58 Å². The Bertz CT molecular complexity index is 1100. The minimum Gasteiger partial charge on any atom is -0.383 e. The van der Waals surface area contributed by atoms with Crippen LogP contribution in [0.1, 0.15) is 40.8 Å². The molecule has 2 aromatic rings. The molecule has 175 valence electrons. The number of rotatable bonds is 8. The van der Waals surface area contributed by atoms with Crippen molar-refractivity contribution in [2.75, 3.05) is 32.6 Å². The third kappa shape index (κ3) is 5.80.